The van der Waals surface area contributed by atoms with Gasteiger partial charge in [-0.05, 0) is 36.2 Å². The van der Waals surface area contributed by atoms with Gasteiger partial charge in [0.05, 0.1) is 6.10 Å². The van der Waals surface area contributed by atoms with Gasteiger partial charge >= 0.3 is 6.03 Å². The van der Waals surface area contributed by atoms with Crippen LogP contribution in [0.15, 0.2) is 0 Å². The first-order valence-electron chi connectivity index (χ1n) is 7.96. The first-order chi connectivity index (χ1) is 9.72. The summed E-state index contributed by atoms with van der Waals surface area (Å²) in [5.41, 5.74) is 0. The average molecular weight is 300 g/mol. The van der Waals surface area contributed by atoms with Crippen LogP contribution in [-0.4, -0.2) is 42.8 Å². The summed E-state index contributed by atoms with van der Waals surface area (Å²) in [4.78, 5) is 11.9. The van der Waals surface area contributed by atoms with Crippen LogP contribution in [0.2, 0.25) is 0 Å². The summed E-state index contributed by atoms with van der Waals surface area (Å²) in [5.74, 6) is 3.68. The quantitative estimate of drug-likeness (QED) is 0.793. The van der Waals surface area contributed by atoms with E-state index in [2.05, 4.69) is 24.5 Å². The third kappa shape index (κ3) is 4.55. The number of hydrogen-bond acceptors (Lipinski definition) is 3. The van der Waals surface area contributed by atoms with E-state index in [1.54, 1.807) is 0 Å². The maximum absolute atomic E-state index is 11.9. The van der Waals surface area contributed by atoms with Gasteiger partial charge in [0.15, 0.2) is 0 Å². The molecule has 2 N–H and O–H groups in total. The van der Waals surface area contributed by atoms with Crippen LogP contribution in [0.25, 0.3) is 0 Å². The van der Waals surface area contributed by atoms with Crippen molar-refractivity contribution in [2.24, 2.45) is 11.8 Å². The molecule has 2 atom stereocenters. The lowest BCUT2D eigenvalue weighted by atomic mass is 9.89. The summed E-state index contributed by atoms with van der Waals surface area (Å²) in [6.45, 7) is 6.03. The highest BCUT2D eigenvalue weighted by Crippen LogP contribution is 2.25. The Kier molecular flexibility index (Phi) is 6.49. The van der Waals surface area contributed by atoms with Crippen molar-refractivity contribution in [3.05, 3.63) is 0 Å². The van der Waals surface area contributed by atoms with Crippen LogP contribution >= 0.6 is 11.8 Å². The topological polar surface area (TPSA) is 50.4 Å². The summed E-state index contributed by atoms with van der Waals surface area (Å²) in [6, 6.07) is 0.266. The minimum absolute atomic E-state index is 0.00269. The lowest BCUT2D eigenvalue weighted by Crippen LogP contribution is -2.49. The van der Waals surface area contributed by atoms with Crippen LogP contribution in [0.5, 0.6) is 0 Å². The summed E-state index contributed by atoms with van der Waals surface area (Å²) in [6.07, 6.45) is 4.51. The Morgan fingerprint density at radius 3 is 2.70 bits per heavy atom. The Hall–Kier alpha value is -0.420. The van der Waals surface area contributed by atoms with Gasteiger partial charge in [0, 0.05) is 19.2 Å². The van der Waals surface area contributed by atoms with Gasteiger partial charge in [-0.15, -0.1) is 0 Å². The predicted octanol–water partition coefficient (Wildman–Crippen LogP) is 2.63. The Morgan fingerprint density at radius 1 is 1.35 bits per heavy atom. The Morgan fingerprint density at radius 2 is 2.10 bits per heavy atom. The van der Waals surface area contributed by atoms with E-state index in [9.17, 15) is 4.79 Å². The minimum Gasteiger partial charge on any atom is -0.378 e. The number of hydrogen-bond donors (Lipinski definition) is 2. The number of nitrogens with one attached hydrogen (secondary N) is 2. The van der Waals surface area contributed by atoms with Gasteiger partial charge in [0.25, 0.3) is 0 Å². The third-order valence-corrected chi connectivity index (χ3v) is 5.90. The molecule has 0 aromatic rings. The largest absolute Gasteiger partial charge is 0.378 e. The molecule has 0 spiro atoms. The van der Waals surface area contributed by atoms with Gasteiger partial charge in [-0.3, -0.25) is 0 Å². The Bertz CT molecular complexity index is 306. The molecule has 2 amide bonds. The molecule has 0 aliphatic carbocycles. The molecule has 2 aliphatic heterocycles. The van der Waals surface area contributed by atoms with E-state index in [4.69, 9.17) is 4.74 Å². The summed E-state index contributed by atoms with van der Waals surface area (Å²) >= 11 is 1.95. The van der Waals surface area contributed by atoms with Gasteiger partial charge in [0.1, 0.15) is 0 Å². The average Bonchev–Trinajstić information content (AvgIpc) is 2.39. The number of amides is 2. The number of carbonyl (C=O) groups excluding carboxylic acids is 1. The fourth-order valence-electron chi connectivity index (χ4n) is 2.98. The Balaban J connectivity index is 1.69. The molecule has 0 aromatic heterocycles. The minimum atomic E-state index is -0.00269. The van der Waals surface area contributed by atoms with E-state index < -0.39 is 0 Å². The number of thioether (sulfide) groups is 1. The molecule has 2 aliphatic rings. The molecule has 5 heteroatoms. The van der Waals surface area contributed by atoms with Crippen molar-refractivity contribution in [1.29, 1.82) is 0 Å². The smallest absolute Gasteiger partial charge is 0.315 e. The lowest BCUT2D eigenvalue weighted by molar-refractivity contribution is -0.0331. The molecular formula is C15H28N2O2S. The molecule has 20 heavy (non-hydrogen) atoms. The molecule has 0 bridgehead atoms. The molecule has 0 saturated carbocycles. The molecule has 2 saturated heterocycles. The normalized spacial score (nSPS) is 27.1. The summed E-state index contributed by atoms with van der Waals surface area (Å²) in [5, 5.41) is 6.12. The molecular weight excluding hydrogens is 272 g/mol. The molecule has 4 nitrogen and oxygen atoms in total. The van der Waals surface area contributed by atoms with Gasteiger partial charge in [-0.2, -0.15) is 11.8 Å². The van der Waals surface area contributed by atoms with E-state index in [1.807, 2.05) is 11.8 Å². The molecule has 0 aromatic carbocycles. The highest BCUT2D eigenvalue weighted by atomic mass is 32.2. The standard InChI is InChI=1S/C15H28N2O2S/c1-3-12(4-2)14-7-13(5-6-19-14)17-15(18)16-8-11-9-20-10-11/h11-14H,3-10H2,1-2H3,(H2,16,17,18). The van der Waals surface area contributed by atoms with E-state index in [0.29, 0.717) is 17.9 Å². The predicted molar refractivity (Wildman–Crippen MR) is 84.2 cm³/mol. The van der Waals surface area contributed by atoms with Crippen molar-refractivity contribution >= 4 is 17.8 Å². The number of ether oxygens (including phenoxy) is 1. The number of urea groups is 1. The molecule has 2 rings (SSSR count). The molecule has 2 heterocycles. The van der Waals surface area contributed by atoms with Gasteiger partial charge in [-0.25, -0.2) is 4.79 Å². The first-order valence-corrected chi connectivity index (χ1v) is 9.12. The van der Waals surface area contributed by atoms with Crippen LogP contribution in [0.4, 0.5) is 4.79 Å². The molecule has 2 unspecified atom stereocenters. The third-order valence-electron chi connectivity index (χ3n) is 4.48. The van der Waals surface area contributed by atoms with Crippen molar-refractivity contribution in [1.82, 2.24) is 10.6 Å². The summed E-state index contributed by atoms with van der Waals surface area (Å²) in [7, 11) is 0. The van der Waals surface area contributed by atoms with Gasteiger partial charge in [-0.1, -0.05) is 26.7 Å². The second kappa shape index (κ2) is 8.13. The molecule has 0 radical (unpaired) electrons. The zero-order chi connectivity index (χ0) is 14.4. The Labute approximate surface area is 126 Å². The maximum Gasteiger partial charge on any atom is 0.315 e. The van der Waals surface area contributed by atoms with Crippen LogP contribution < -0.4 is 10.6 Å². The van der Waals surface area contributed by atoms with Crippen molar-refractivity contribution in [2.45, 2.75) is 51.7 Å². The van der Waals surface area contributed by atoms with Crippen molar-refractivity contribution in [3.8, 4) is 0 Å². The fraction of sp³-hybridized carbons (Fsp3) is 0.933. The maximum atomic E-state index is 11.9. The van der Waals surface area contributed by atoms with E-state index >= 15 is 0 Å². The SMILES string of the molecule is CCC(CC)C1CC(NC(=O)NCC2CSC2)CCO1. The van der Waals surface area contributed by atoms with Crippen molar-refractivity contribution in [2.75, 3.05) is 24.7 Å². The van der Waals surface area contributed by atoms with E-state index in [1.165, 1.54) is 11.5 Å². The zero-order valence-corrected chi connectivity index (χ0v) is 13.5. The lowest BCUT2D eigenvalue weighted by Gasteiger charge is -2.34. The van der Waals surface area contributed by atoms with Crippen molar-refractivity contribution in [3.63, 3.8) is 0 Å². The molecule has 116 valence electrons. The van der Waals surface area contributed by atoms with Crippen molar-refractivity contribution < 1.29 is 9.53 Å². The van der Waals surface area contributed by atoms with Crippen LogP contribution in [0.3, 0.4) is 0 Å². The highest BCUT2D eigenvalue weighted by molar-refractivity contribution is 8.00. The summed E-state index contributed by atoms with van der Waals surface area (Å²) < 4.78 is 5.88. The highest BCUT2D eigenvalue weighted by Gasteiger charge is 2.28. The van der Waals surface area contributed by atoms with Crippen LogP contribution in [0.1, 0.15) is 39.5 Å². The van der Waals surface area contributed by atoms with E-state index in [-0.39, 0.29) is 12.1 Å². The second-order valence-corrected chi connectivity index (χ2v) is 7.04. The molecule has 2 fully saturated rings. The second-order valence-electron chi connectivity index (χ2n) is 5.96. The number of rotatable bonds is 6. The van der Waals surface area contributed by atoms with Gasteiger partial charge < -0.3 is 15.4 Å². The van der Waals surface area contributed by atoms with Crippen LogP contribution in [0, 0.1) is 11.8 Å². The van der Waals surface area contributed by atoms with E-state index in [0.717, 1.165) is 38.8 Å². The van der Waals surface area contributed by atoms with Gasteiger partial charge in [0.2, 0.25) is 0 Å². The monoisotopic (exact) mass is 300 g/mol. The fourth-order valence-corrected chi connectivity index (χ4v) is 3.78. The van der Waals surface area contributed by atoms with Crippen LogP contribution in [-0.2, 0) is 4.74 Å². The number of carbonyl (C=O) groups is 1. The zero-order valence-electron chi connectivity index (χ0n) is 12.7. The first kappa shape index (κ1) is 16.0.